The average molecular weight is 340 g/mol. The minimum absolute atomic E-state index is 0.0388. The molecule has 0 aliphatic rings. The van der Waals surface area contributed by atoms with Crippen molar-refractivity contribution < 1.29 is 0 Å². The predicted octanol–water partition coefficient (Wildman–Crippen LogP) is 2.57. The Kier molecular flexibility index (Phi) is 4.19. The molecule has 1 N–H and O–H groups in total. The van der Waals surface area contributed by atoms with Crippen LogP contribution < -0.4 is 10.9 Å². The smallest absolute Gasteiger partial charge is 0.250 e. The lowest BCUT2D eigenvalue weighted by molar-refractivity contribution is 0.697. The molecule has 0 amide bonds. The number of hydrogen-bond acceptors (Lipinski definition) is 2. The van der Waals surface area contributed by atoms with Gasteiger partial charge in [-0.05, 0) is 52.9 Å². The van der Waals surface area contributed by atoms with Crippen molar-refractivity contribution in [1.29, 1.82) is 0 Å². The minimum atomic E-state index is 0.0388. The van der Waals surface area contributed by atoms with E-state index in [-0.39, 0.29) is 5.56 Å². The lowest BCUT2D eigenvalue weighted by atomic mass is 10.3. The molecule has 0 aliphatic carbocycles. The molecule has 0 atom stereocenters. The van der Waals surface area contributed by atoms with Gasteiger partial charge in [0.25, 0.3) is 5.56 Å². The van der Waals surface area contributed by atoms with Crippen LogP contribution in [0.5, 0.6) is 0 Å². The van der Waals surface area contributed by atoms with E-state index in [1.165, 1.54) is 3.57 Å². The van der Waals surface area contributed by atoms with Gasteiger partial charge < -0.3 is 9.88 Å². The van der Waals surface area contributed by atoms with Gasteiger partial charge in [0.2, 0.25) is 0 Å². The molecule has 0 radical (unpaired) electrons. The molecule has 1 aromatic carbocycles. The summed E-state index contributed by atoms with van der Waals surface area (Å²) in [4.78, 5) is 11.4. The van der Waals surface area contributed by atoms with Crippen LogP contribution in [0.25, 0.3) is 0 Å². The molecule has 0 fully saturated rings. The number of nitrogens with zero attached hydrogens (tertiary/aromatic N) is 1. The molecule has 2 aromatic rings. The summed E-state index contributed by atoms with van der Waals surface area (Å²) in [6.07, 6.45) is 1.80. The monoisotopic (exact) mass is 340 g/mol. The van der Waals surface area contributed by atoms with Crippen LogP contribution in [0.4, 0.5) is 5.69 Å². The van der Waals surface area contributed by atoms with E-state index in [4.69, 9.17) is 0 Å². The highest BCUT2D eigenvalue weighted by Gasteiger charge is 1.94. The Morgan fingerprint density at radius 1 is 1.12 bits per heavy atom. The molecule has 0 bridgehead atoms. The second-order valence-electron chi connectivity index (χ2n) is 3.67. The molecular formula is C13H13IN2O. The van der Waals surface area contributed by atoms with Crippen molar-refractivity contribution >= 4 is 28.3 Å². The van der Waals surface area contributed by atoms with Crippen LogP contribution in [0, 0.1) is 3.57 Å². The molecular weight excluding hydrogens is 327 g/mol. The van der Waals surface area contributed by atoms with Crippen molar-refractivity contribution in [3.05, 3.63) is 62.6 Å². The molecule has 2 rings (SSSR count). The van der Waals surface area contributed by atoms with Crippen LogP contribution in [0.2, 0.25) is 0 Å². The predicted molar refractivity (Wildman–Crippen MR) is 78.4 cm³/mol. The van der Waals surface area contributed by atoms with Crippen molar-refractivity contribution in [2.75, 3.05) is 11.9 Å². The third kappa shape index (κ3) is 3.59. The third-order valence-electron chi connectivity index (χ3n) is 2.43. The number of anilines is 1. The Labute approximate surface area is 114 Å². The number of hydrogen-bond donors (Lipinski definition) is 1. The number of rotatable bonds is 4. The van der Waals surface area contributed by atoms with Gasteiger partial charge in [-0.1, -0.05) is 6.07 Å². The summed E-state index contributed by atoms with van der Waals surface area (Å²) in [5, 5.41) is 3.28. The first-order valence-electron chi connectivity index (χ1n) is 5.40. The van der Waals surface area contributed by atoms with Crippen LogP contribution in [0.3, 0.4) is 0 Å². The molecule has 0 spiro atoms. The van der Waals surface area contributed by atoms with Crippen LogP contribution >= 0.6 is 22.6 Å². The first-order chi connectivity index (χ1) is 8.25. The van der Waals surface area contributed by atoms with Crippen molar-refractivity contribution in [2.45, 2.75) is 6.54 Å². The number of halogens is 1. The van der Waals surface area contributed by atoms with Crippen molar-refractivity contribution in [3.8, 4) is 0 Å². The van der Waals surface area contributed by atoms with Gasteiger partial charge in [-0.15, -0.1) is 0 Å². The second-order valence-corrected chi connectivity index (χ2v) is 4.91. The first kappa shape index (κ1) is 12.2. The van der Waals surface area contributed by atoms with Gasteiger partial charge in [-0.3, -0.25) is 4.79 Å². The number of benzene rings is 1. The zero-order valence-electron chi connectivity index (χ0n) is 9.27. The Bertz CT molecular complexity index is 534. The van der Waals surface area contributed by atoms with E-state index >= 15 is 0 Å². The molecule has 88 valence electrons. The summed E-state index contributed by atoms with van der Waals surface area (Å²) in [6.45, 7) is 1.41. The number of aromatic nitrogens is 1. The summed E-state index contributed by atoms with van der Waals surface area (Å²) < 4.78 is 2.91. The van der Waals surface area contributed by atoms with Crippen molar-refractivity contribution in [2.24, 2.45) is 0 Å². The Morgan fingerprint density at radius 3 is 2.59 bits per heavy atom. The van der Waals surface area contributed by atoms with Gasteiger partial charge in [-0.25, -0.2) is 0 Å². The van der Waals surface area contributed by atoms with Crippen LogP contribution in [0.1, 0.15) is 0 Å². The Hall–Kier alpha value is -1.30. The molecule has 1 heterocycles. The van der Waals surface area contributed by atoms with E-state index in [0.717, 1.165) is 12.2 Å². The molecule has 0 saturated heterocycles. The third-order valence-corrected chi connectivity index (χ3v) is 3.14. The summed E-state index contributed by atoms with van der Waals surface area (Å²) in [5.41, 5.74) is 1.12. The summed E-state index contributed by atoms with van der Waals surface area (Å²) in [6, 6.07) is 13.4. The lowest BCUT2D eigenvalue weighted by Crippen LogP contribution is -2.21. The standard InChI is InChI=1S/C13H13IN2O/c14-11-4-6-12(7-5-11)15-8-10-16-9-2-1-3-13(16)17/h1-7,9,15H,8,10H2. The second kappa shape index (κ2) is 5.86. The molecule has 1 aromatic heterocycles. The zero-order chi connectivity index (χ0) is 12.1. The number of nitrogens with one attached hydrogen (secondary N) is 1. The maximum absolute atomic E-state index is 11.4. The molecule has 4 heteroatoms. The van der Waals surface area contributed by atoms with E-state index in [0.29, 0.717) is 6.54 Å². The Balaban J connectivity index is 1.90. The largest absolute Gasteiger partial charge is 0.383 e. The van der Waals surface area contributed by atoms with E-state index in [1.807, 2.05) is 18.2 Å². The maximum Gasteiger partial charge on any atom is 0.250 e. The van der Waals surface area contributed by atoms with Gasteiger partial charge >= 0.3 is 0 Å². The van der Waals surface area contributed by atoms with Crippen molar-refractivity contribution in [3.63, 3.8) is 0 Å². The van der Waals surface area contributed by atoms with Gasteiger partial charge in [0.05, 0.1) is 0 Å². The zero-order valence-corrected chi connectivity index (χ0v) is 11.4. The fourth-order valence-corrected chi connectivity index (χ4v) is 1.89. The van der Waals surface area contributed by atoms with E-state index in [9.17, 15) is 4.79 Å². The van der Waals surface area contributed by atoms with Crippen LogP contribution in [0.15, 0.2) is 53.5 Å². The normalized spacial score (nSPS) is 10.2. The van der Waals surface area contributed by atoms with E-state index < -0.39 is 0 Å². The highest BCUT2D eigenvalue weighted by Crippen LogP contribution is 2.10. The molecule has 0 aliphatic heterocycles. The quantitative estimate of drug-likeness (QED) is 0.868. The molecule has 17 heavy (non-hydrogen) atoms. The lowest BCUT2D eigenvalue weighted by Gasteiger charge is -2.08. The highest BCUT2D eigenvalue weighted by molar-refractivity contribution is 14.1. The molecule has 0 saturated carbocycles. The van der Waals surface area contributed by atoms with E-state index in [2.05, 4.69) is 40.0 Å². The number of pyridine rings is 1. The van der Waals surface area contributed by atoms with Gasteiger partial charge in [0.1, 0.15) is 0 Å². The summed E-state index contributed by atoms with van der Waals surface area (Å²) in [5.74, 6) is 0. The fourth-order valence-electron chi connectivity index (χ4n) is 1.53. The molecule has 0 unspecified atom stereocenters. The average Bonchev–Trinajstić information content (AvgIpc) is 2.34. The highest BCUT2D eigenvalue weighted by atomic mass is 127. The molecule has 3 nitrogen and oxygen atoms in total. The minimum Gasteiger partial charge on any atom is -0.383 e. The fraction of sp³-hybridized carbons (Fsp3) is 0.154. The first-order valence-corrected chi connectivity index (χ1v) is 6.48. The SMILES string of the molecule is O=c1ccccn1CCNc1ccc(I)cc1. The van der Waals surface area contributed by atoms with Gasteiger partial charge in [-0.2, -0.15) is 0 Å². The topological polar surface area (TPSA) is 34.0 Å². The van der Waals surface area contributed by atoms with E-state index in [1.54, 1.807) is 22.9 Å². The van der Waals surface area contributed by atoms with Crippen LogP contribution in [-0.4, -0.2) is 11.1 Å². The van der Waals surface area contributed by atoms with Crippen molar-refractivity contribution in [1.82, 2.24) is 4.57 Å². The van der Waals surface area contributed by atoms with Gasteiger partial charge in [0.15, 0.2) is 0 Å². The maximum atomic E-state index is 11.4. The van der Waals surface area contributed by atoms with Crippen LogP contribution in [-0.2, 0) is 6.54 Å². The summed E-state index contributed by atoms with van der Waals surface area (Å²) >= 11 is 2.27. The van der Waals surface area contributed by atoms with Gasteiger partial charge in [0, 0.05) is 34.6 Å². The Morgan fingerprint density at radius 2 is 1.88 bits per heavy atom. The summed E-state index contributed by atoms with van der Waals surface area (Å²) in [7, 11) is 0.